The Morgan fingerprint density at radius 2 is 0.744 bits per heavy atom. The van der Waals surface area contributed by atoms with E-state index in [0.717, 1.165) is 39.6 Å². The number of benzene rings is 6. The molecular weight excluding hydrogens is 997 g/mol. The van der Waals surface area contributed by atoms with E-state index in [2.05, 4.69) is 146 Å². The van der Waals surface area contributed by atoms with Crippen molar-refractivity contribution >= 4 is 0 Å². The summed E-state index contributed by atoms with van der Waals surface area (Å²) >= 11 is 0. The predicted octanol–water partition coefficient (Wildman–Crippen LogP) is 19.6. The van der Waals surface area contributed by atoms with Gasteiger partial charge in [0.1, 0.15) is 0 Å². The van der Waals surface area contributed by atoms with Crippen molar-refractivity contribution in [1.29, 1.82) is 0 Å². The van der Waals surface area contributed by atoms with E-state index < -0.39 is 13.7 Å². The van der Waals surface area contributed by atoms with Gasteiger partial charge in [-0.15, -0.1) is 0 Å². The fraction of sp³-hybridized carbons (Fsp3) is 0.132. The molecule has 0 aliphatic heterocycles. The molecule has 408 valence electrons. The molecule has 0 aliphatic rings. The lowest BCUT2D eigenvalue weighted by molar-refractivity contribution is 1.17. The molecule has 6 aromatic heterocycles. The Morgan fingerprint density at radius 1 is 0.268 bits per heavy atom. The summed E-state index contributed by atoms with van der Waals surface area (Å²) in [5.41, 5.74) is 22.9. The van der Waals surface area contributed by atoms with Gasteiger partial charge in [-0.2, -0.15) is 0 Å². The molecule has 0 N–H and O–H groups in total. The van der Waals surface area contributed by atoms with E-state index in [1.54, 1.807) is 18.2 Å². The maximum atomic E-state index is 7.30. The summed E-state index contributed by atoms with van der Waals surface area (Å²) in [7, 11) is 0. The third kappa shape index (κ3) is 18.1. The Bertz CT molecular complexity index is 4060. The van der Waals surface area contributed by atoms with Crippen LogP contribution in [-0.2, 0) is 0 Å². The number of rotatable bonds is 6. The highest BCUT2D eigenvalue weighted by molar-refractivity contribution is 5.66. The topological polar surface area (TPSA) is 77.3 Å². The van der Waals surface area contributed by atoms with E-state index in [-0.39, 0.29) is 11.3 Å². The zero-order valence-electron chi connectivity index (χ0n) is 54.1. The highest BCUT2D eigenvalue weighted by Crippen LogP contribution is 2.26. The summed E-state index contributed by atoms with van der Waals surface area (Å²) < 4.78 is 43.6. The molecule has 0 bridgehead atoms. The number of aryl methyl sites for hydroxylation is 7. The minimum absolute atomic E-state index is 0.133. The zero-order chi connectivity index (χ0) is 63.1. The summed E-state index contributed by atoms with van der Waals surface area (Å²) in [5.74, 6) is 0. The van der Waals surface area contributed by atoms with Gasteiger partial charge in [-0.05, 0) is 156 Å². The first-order valence-corrected chi connectivity index (χ1v) is 27.2. The molecule has 12 aromatic rings. The number of hydrogen-bond acceptors (Lipinski definition) is 6. The summed E-state index contributed by atoms with van der Waals surface area (Å²) in [6, 6.07) is 77.0. The monoisotopic (exact) mass is 1080 g/mol. The molecule has 0 saturated heterocycles. The molecule has 0 aliphatic carbocycles. The van der Waals surface area contributed by atoms with Gasteiger partial charge in [0.25, 0.3) is 0 Å². The summed E-state index contributed by atoms with van der Waals surface area (Å²) in [6.45, 7) is 12.6. The second kappa shape index (κ2) is 31.1. The molecule has 6 heterocycles. The van der Waals surface area contributed by atoms with Crippen molar-refractivity contribution in [2.75, 3.05) is 0 Å². The van der Waals surface area contributed by atoms with Crippen LogP contribution in [0.3, 0.4) is 0 Å². The predicted molar refractivity (Wildman–Crippen MR) is 345 cm³/mol. The lowest BCUT2D eigenvalue weighted by Gasteiger charge is -2.09. The molecule has 6 heteroatoms. The Balaban J connectivity index is 0.000000151. The van der Waals surface area contributed by atoms with Crippen molar-refractivity contribution < 1.29 is 8.22 Å². The molecule has 0 saturated carbocycles. The van der Waals surface area contributed by atoms with Crippen molar-refractivity contribution in [1.82, 2.24) is 29.9 Å². The molecule has 12 rings (SSSR count). The fourth-order valence-corrected chi connectivity index (χ4v) is 8.53. The van der Waals surface area contributed by atoms with E-state index in [9.17, 15) is 0 Å². The normalized spacial score (nSPS) is 11.5. The van der Waals surface area contributed by atoms with Crippen LogP contribution in [0.2, 0.25) is 0 Å². The maximum Gasteiger partial charge on any atom is 0.0733 e. The van der Waals surface area contributed by atoms with Gasteiger partial charge in [-0.25, -0.2) is 0 Å². The molecule has 6 nitrogen and oxygen atoms in total. The van der Waals surface area contributed by atoms with Crippen LogP contribution in [0.4, 0.5) is 0 Å². The molecular formula is C76H74N6. The maximum absolute atomic E-state index is 7.30. The smallest absolute Gasteiger partial charge is 0.0733 e. The van der Waals surface area contributed by atoms with Gasteiger partial charge in [-0.3, -0.25) is 29.9 Å². The second-order valence-electron chi connectivity index (χ2n) is 19.6. The first kappa shape index (κ1) is 51.6. The van der Waals surface area contributed by atoms with E-state index in [1.807, 2.05) is 176 Å². The van der Waals surface area contributed by atoms with Crippen LogP contribution in [0.25, 0.3) is 67.5 Å². The standard InChI is InChI=1S/C14H15N.2C13H13N.3C12H11N/c1-10-9-15-14(12(3)11(10)2)13-7-5-4-6-8-13;1-10-8-11(2)13(14-9-10)12-6-4-3-5-7-12;1-10-8-9-14-13(11(10)2)12-6-4-3-5-7-12;1-10-6-5-9-12(13-10)11-7-3-2-4-8-11;1-10-7-8-13-12(9-10)11-5-3-2-4-6-11;1-10-7-8-12(13-9-10)11-5-3-2-4-6-11/h4-9H,1-3H3;2*3-9H,1-2H3;3*2-9H,1H3/i;;;1D3;;1D3. The molecule has 0 radical (unpaired) electrons. The van der Waals surface area contributed by atoms with Crippen molar-refractivity contribution in [2.24, 2.45) is 0 Å². The van der Waals surface area contributed by atoms with Crippen molar-refractivity contribution in [3.05, 3.63) is 323 Å². The van der Waals surface area contributed by atoms with Gasteiger partial charge in [0.05, 0.1) is 34.2 Å². The number of nitrogens with zero attached hydrogens (tertiary/aromatic N) is 6. The lowest BCUT2D eigenvalue weighted by atomic mass is 10.0. The SMILES string of the molecule is Cc1ccnc(-c2ccccc2)c1.Cc1ccnc(-c2ccccc2)c1C.Cc1cnc(-c2ccccc2)c(C)c1.Cc1cnc(-c2ccccc2)c(C)c1C.[2H]C([2H])([2H])c1ccc(-c2ccccc2)nc1.[2H]C([2H])([2H])c1cccc(-c2ccccc2)n1. The van der Waals surface area contributed by atoms with Crippen LogP contribution >= 0.6 is 0 Å². The Kier molecular flexibility index (Phi) is 19.6. The fourth-order valence-electron chi connectivity index (χ4n) is 8.53. The molecule has 0 amide bonds. The number of aromatic nitrogens is 6. The van der Waals surface area contributed by atoms with Crippen LogP contribution in [0.15, 0.2) is 268 Å². The summed E-state index contributed by atoms with van der Waals surface area (Å²) in [6.07, 6.45) is 8.98. The average Bonchev–Trinajstić information content (AvgIpc) is 3.25. The summed E-state index contributed by atoms with van der Waals surface area (Å²) in [4.78, 5) is 26.0. The molecule has 0 spiro atoms. The number of pyridine rings is 6. The molecule has 82 heavy (non-hydrogen) atoms. The molecule has 6 aromatic carbocycles. The van der Waals surface area contributed by atoms with Crippen LogP contribution in [0, 0.1) is 69.1 Å². The minimum Gasteiger partial charge on any atom is -0.256 e. The lowest BCUT2D eigenvalue weighted by Crippen LogP contribution is -1.94. The summed E-state index contributed by atoms with van der Waals surface area (Å²) in [5, 5.41) is 0. The number of hydrogen-bond donors (Lipinski definition) is 0. The quantitative estimate of drug-likeness (QED) is 0.165. The highest BCUT2D eigenvalue weighted by Gasteiger charge is 2.08. The first-order chi connectivity index (χ1) is 42.3. The Hall–Kier alpha value is -9.78. The van der Waals surface area contributed by atoms with Crippen LogP contribution in [-0.4, -0.2) is 29.9 Å². The van der Waals surface area contributed by atoms with Crippen molar-refractivity contribution in [2.45, 2.75) is 69.1 Å². The van der Waals surface area contributed by atoms with Crippen LogP contribution in [0.5, 0.6) is 0 Å². The third-order valence-corrected chi connectivity index (χ3v) is 13.4. The van der Waals surface area contributed by atoms with Crippen LogP contribution in [0.1, 0.15) is 64.0 Å². The largest absolute Gasteiger partial charge is 0.256 e. The van der Waals surface area contributed by atoms with Crippen LogP contribution < -0.4 is 0 Å². The zero-order valence-corrected chi connectivity index (χ0v) is 48.1. The second-order valence-corrected chi connectivity index (χ2v) is 19.6. The molecule has 0 unspecified atom stereocenters. The third-order valence-electron chi connectivity index (χ3n) is 13.4. The van der Waals surface area contributed by atoms with E-state index >= 15 is 0 Å². The first-order valence-electron chi connectivity index (χ1n) is 30.2. The van der Waals surface area contributed by atoms with Gasteiger partial charge in [0.15, 0.2) is 0 Å². The van der Waals surface area contributed by atoms with Gasteiger partial charge in [0, 0.05) is 78.3 Å². The molecule has 0 fully saturated rings. The van der Waals surface area contributed by atoms with Crippen molar-refractivity contribution in [3.63, 3.8) is 0 Å². The van der Waals surface area contributed by atoms with E-state index in [4.69, 9.17) is 8.22 Å². The average molecular weight is 1080 g/mol. The molecule has 0 atom stereocenters. The Morgan fingerprint density at radius 3 is 1.24 bits per heavy atom. The van der Waals surface area contributed by atoms with Gasteiger partial charge in [-0.1, -0.05) is 200 Å². The van der Waals surface area contributed by atoms with Gasteiger partial charge >= 0.3 is 0 Å². The van der Waals surface area contributed by atoms with Gasteiger partial charge in [0.2, 0.25) is 0 Å². The van der Waals surface area contributed by atoms with E-state index in [1.165, 1.54) is 79.0 Å². The van der Waals surface area contributed by atoms with Gasteiger partial charge < -0.3 is 0 Å². The van der Waals surface area contributed by atoms with E-state index in [0.29, 0.717) is 5.69 Å². The Labute approximate surface area is 495 Å². The van der Waals surface area contributed by atoms with Crippen molar-refractivity contribution in [3.8, 4) is 67.5 Å². The highest BCUT2D eigenvalue weighted by atomic mass is 14.7. The minimum atomic E-state index is -2.15.